The molecule has 0 saturated carbocycles. The molecule has 5 nitrogen and oxygen atoms in total. The molecule has 2 aliphatic rings. The van der Waals surface area contributed by atoms with Crippen LogP contribution in [0.4, 0.5) is 14.5 Å². The number of nitrogens with zero attached hydrogens (tertiary/aromatic N) is 1. The number of hydrogen-bond donors (Lipinski definition) is 2. The molecule has 3 atom stereocenters. The van der Waals surface area contributed by atoms with Crippen molar-refractivity contribution in [3.8, 4) is 11.1 Å². The first kappa shape index (κ1) is 21.1. The Balaban J connectivity index is 1.62. The zero-order valence-corrected chi connectivity index (χ0v) is 17.9. The van der Waals surface area contributed by atoms with Gasteiger partial charge in [0.15, 0.2) is 0 Å². The van der Waals surface area contributed by atoms with E-state index in [0.29, 0.717) is 12.0 Å². The number of aliphatic hydroxyl groups excluding tert-OH is 1. The predicted molar refractivity (Wildman–Crippen MR) is 117 cm³/mol. The van der Waals surface area contributed by atoms with E-state index in [0.717, 1.165) is 22.9 Å². The summed E-state index contributed by atoms with van der Waals surface area (Å²) >= 11 is 0. The van der Waals surface area contributed by atoms with Crippen molar-refractivity contribution in [3.05, 3.63) is 83.9 Å². The molecule has 2 N–H and O–H groups in total. The fourth-order valence-corrected chi connectivity index (χ4v) is 6.60. The second-order valence-electron chi connectivity index (χ2n) is 8.22. The lowest BCUT2D eigenvalue weighted by Crippen LogP contribution is -2.42. The molecule has 8 heteroatoms. The summed E-state index contributed by atoms with van der Waals surface area (Å²) in [4.78, 5) is -0.0972. The fraction of sp³-hybridized carbons (Fsp3) is 0.250. The Bertz CT molecular complexity index is 1280. The first-order chi connectivity index (χ1) is 15.4. The van der Waals surface area contributed by atoms with Crippen molar-refractivity contribution < 1.29 is 22.3 Å². The molecule has 32 heavy (non-hydrogen) atoms. The average Bonchev–Trinajstić information content (AvgIpc) is 3.25. The predicted octanol–water partition coefficient (Wildman–Crippen LogP) is 4.17. The molecule has 2 heterocycles. The van der Waals surface area contributed by atoms with E-state index < -0.39 is 21.9 Å². The lowest BCUT2D eigenvalue weighted by atomic mass is 9.82. The molecule has 3 aromatic carbocycles. The van der Waals surface area contributed by atoms with Crippen molar-refractivity contribution in [2.24, 2.45) is 5.92 Å². The maximum Gasteiger partial charge on any atom is 0.243 e. The van der Waals surface area contributed by atoms with E-state index in [1.54, 1.807) is 12.1 Å². The summed E-state index contributed by atoms with van der Waals surface area (Å²) in [5.74, 6) is -1.12. The van der Waals surface area contributed by atoms with Crippen molar-refractivity contribution >= 4 is 15.7 Å². The fourth-order valence-electron chi connectivity index (χ4n) is 4.90. The molecule has 0 amide bonds. The monoisotopic (exact) mass is 456 g/mol. The summed E-state index contributed by atoms with van der Waals surface area (Å²) in [6.45, 7) is 0.121. The van der Waals surface area contributed by atoms with Gasteiger partial charge in [0.2, 0.25) is 10.0 Å². The topological polar surface area (TPSA) is 69.6 Å². The number of fused-ring (bicyclic) bond motifs is 3. The molecule has 1 fully saturated rings. The van der Waals surface area contributed by atoms with E-state index in [2.05, 4.69) is 5.32 Å². The lowest BCUT2D eigenvalue weighted by molar-refractivity contribution is 0.210. The van der Waals surface area contributed by atoms with Gasteiger partial charge >= 0.3 is 0 Å². The molecule has 1 saturated heterocycles. The van der Waals surface area contributed by atoms with Gasteiger partial charge in [-0.1, -0.05) is 24.3 Å². The average molecular weight is 457 g/mol. The number of anilines is 1. The van der Waals surface area contributed by atoms with E-state index in [4.69, 9.17) is 0 Å². The molecule has 166 valence electrons. The minimum atomic E-state index is -3.97. The summed E-state index contributed by atoms with van der Waals surface area (Å²) < 4.78 is 55.9. The third-order valence-corrected chi connectivity index (χ3v) is 8.26. The van der Waals surface area contributed by atoms with Gasteiger partial charge in [-0.2, -0.15) is 4.31 Å². The number of nitrogens with one attached hydrogen (secondary N) is 1. The van der Waals surface area contributed by atoms with E-state index >= 15 is 0 Å². The van der Waals surface area contributed by atoms with Crippen LogP contribution in [0.25, 0.3) is 11.1 Å². The number of aliphatic hydroxyl groups is 1. The number of sulfonamides is 1. The molecule has 5 rings (SSSR count). The third kappa shape index (κ3) is 3.48. The van der Waals surface area contributed by atoms with E-state index in [9.17, 15) is 22.3 Å². The van der Waals surface area contributed by atoms with Crippen LogP contribution in [-0.2, 0) is 10.0 Å². The third-order valence-electron chi connectivity index (χ3n) is 6.38. The molecule has 0 radical (unpaired) electrons. The van der Waals surface area contributed by atoms with Crippen LogP contribution in [0, 0.1) is 17.6 Å². The molecule has 0 bridgehead atoms. The van der Waals surface area contributed by atoms with Crippen LogP contribution in [0.5, 0.6) is 0 Å². The molecular formula is C24H22F2N2O3S. The standard InChI is InChI=1S/C24H22F2N2O3S/c25-17-4-1-3-15(11-17)16-7-8-22-21(12-16)24-20(23(14-29)27-22)9-10-28(24)32(30,31)19-6-2-5-18(26)13-19/h1-8,11-13,20,23-24,27,29H,9-10,14H2/t20-,23+,24-/m0/s1. The van der Waals surface area contributed by atoms with E-state index in [-0.39, 0.29) is 35.8 Å². The van der Waals surface area contributed by atoms with Gasteiger partial charge < -0.3 is 10.4 Å². The number of halogens is 2. The number of benzene rings is 3. The van der Waals surface area contributed by atoms with Crippen LogP contribution < -0.4 is 5.32 Å². The Morgan fingerprint density at radius 2 is 1.69 bits per heavy atom. The summed E-state index contributed by atoms with van der Waals surface area (Å²) in [6, 6.07) is 16.0. The van der Waals surface area contributed by atoms with Gasteiger partial charge in [0.25, 0.3) is 0 Å². The highest BCUT2D eigenvalue weighted by Crippen LogP contribution is 2.49. The first-order valence-electron chi connectivity index (χ1n) is 10.4. The Kier molecular flexibility index (Phi) is 5.23. The summed E-state index contributed by atoms with van der Waals surface area (Å²) in [6.07, 6.45) is 0.557. The van der Waals surface area contributed by atoms with E-state index in [1.165, 1.54) is 34.6 Å². The highest BCUT2D eigenvalue weighted by atomic mass is 32.2. The zero-order chi connectivity index (χ0) is 22.5. The van der Waals surface area contributed by atoms with Crippen LogP contribution in [0.15, 0.2) is 71.6 Å². The molecule has 0 spiro atoms. The van der Waals surface area contributed by atoms with Crippen molar-refractivity contribution in [1.82, 2.24) is 4.31 Å². The Morgan fingerprint density at radius 3 is 2.41 bits per heavy atom. The van der Waals surface area contributed by atoms with Crippen molar-refractivity contribution in [2.45, 2.75) is 23.4 Å². The maximum absolute atomic E-state index is 13.8. The Labute approximate surface area is 185 Å². The minimum Gasteiger partial charge on any atom is -0.394 e. The lowest BCUT2D eigenvalue weighted by Gasteiger charge is -2.39. The highest BCUT2D eigenvalue weighted by molar-refractivity contribution is 7.89. The van der Waals surface area contributed by atoms with Crippen molar-refractivity contribution in [3.63, 3.8) is 0 Å². The van der Waals surface area contributed by atoms with Crippen molar-refractivity contribution in [2.75, 3.05) is 18.5 Å². The number of hydrogen-bond acceptors (Lipinski definition) is 4. The van der Waals surface area contributed by atoms with Gasteiger partial charge in [0.05, 0.1) is 23.6 Å². The Morgan fingerprint density at radius 1 is 0.969 bits per heavy atom. The van der Waals surface area contributed by atoms with Gasteiger partial charge in [0.1, 0.15) is 11.6 Å². The van der Waals surface area contributed by atoms with Crippen LogP contribution in [0.1, 0.15) is 18.0 Å². The van der Waals surface area contributed by atoms with Gasteiger partial charge in [-0.3, -0.25) is 0 Å². The van der Waals surface area contributed by atoms with Crippen LogP contribution in [-0.4, -0.2) is 37.0 Å². The quantitative estimate of drug-likeness (QED) is 0.618. The summed E-state index contributed by atoms with van der Waals surface area (Å²) in [5, 5.41) is 13.3. The van der Waals surface area contributed by atoms with Crippen LogP contribution >= 0.6 is 0 Å². The van der Waals surface area contributed by atoms with Gasteiger partial charge in [-0.05, 0) is 65.6 Å². The number of rotatable bonds is 4. The highest BCUT2D eigenvalue weighted by Gasteiger charge is 2.48. The second-order valence-corrected chi connectivity index (χ2v) is 10.1. The molecule has 0 aromatic heterocycles. The zero-order valence-electron chi connectivity index (χ0n) is 17.1. The second kappa shape index (κ2) is 7.95. The van der Waals surface area contributed by atoms with Gasteiger partial charge in [0, 0.05) is 18.2 Å². The van der Waals surface area contributed by atoms with Crippen LogP contribution in [0.2, 0.25) is 0 Å². The normalized spacial score (nSPS) is 22.8. The molecule has 3 aromatic rings. The first-order valence-corrected chi connectivity index (χ1v) is 11.9. The molecule has 2 aliphatic heterocycles. The molecule has 0 unspecified atom stereocenters. The van der Waals surface area contributed by atoms with E-state index in [1.807, 2.05) is 18.2 Å². The van der Waals surface area contributed by atoms with Gasteiger partial charge in [-0.25, -0.2) is 17.2 Å². The van der Waals surface area contributed by atoms with Gasteiger partial charge in [-0.15, -0.1) is 0 Å². The van der Waals surface area contributed by atoms with Crippen molar-refractivity contribution in [1.29, 1.82) is 0 Å². The molecule has 0 aliphatic carbocycles. The minimum absolute atomic E-state index is 0.0972. The summed E-state index contributed by atoms with van der Waals surface area (Å²) in [5.41, 5.74) is 2.94. The SMILES string of the molecule is O=S(=O)(c1cccc(F)c1)N1CC[C@@H]2[C@H]1c1cc(-c3cccc(F)c3)ccc1N[C@@H]2CO. The van der Waals surface area contributed by atoms with Crippen LogP contribution in [0.3, 0.4) is 0 Å². The molecular weight excluding hydrogens is 434 g/mol. The smallest absolute Gasteiger partial charge is 0.243 e. The largest absolute Gasteiger partial charge is 0.394 e. The maximum atomic E-state index is 13.8. The Hall–Kier alpha value is -2.81. The summed E-state index contributed by atoms with van der Waals surface area (Å²) in [7, 11) is -3.97.